The van der Waals surface area contributed by atoms with E-state index in [4.69, 9.17) is 9.47 Å². The summed E-state index contributed by atoms with van der Waals surface area (Å²) in [4.78, 5) is 11.7. The Morgan fingerprint density at radius 1 is 1.33 bits per heavy atom. The summed E-state index contributed by atoms with van der Waals surface area (Å²) in [5.74, 6) is 0.713. The second-order valence-corrected chi connectivity index (χ2v) is 5.94. The summed E-state index contributed by atoms with van der Waals surface area (Å²) >= 11 is 0. The zero-order valence-electron chi connectivity index (χ0n) is 12.6. The van der Waals surface area contributed by atoms with Crippen LogP contribution in [0.25, 0.3) is 0 Å². The van der Waals surface area contributed by atoms with E-state index in [2.05, 4.69) is 17.4 Å². The molecule has 0 amide bonds. The third-order valence-corrected chi connectivity index (χ3v) is 4.25. The van der Waals surface area contributed by atoms with Crippen molar-refractivity contribution in [1.82, 2.24) is 5.32 Å². The molecule has 2 aliphatic rings. The maximum absolute atomic E-state index is 11.7. The first-order valence-electron chi connectivity index (χ1n) is 7.85. The zero-order valence-corrected chi connectivity index (χ0v) is 12.6. The Morgan fingerprint density at radius 2 is 2.14 bits per heavy atom. The van der Waals surface area contributed by atoms with Gasteiger partial charge in [-0.05, 0) is 55.4 Å². The number of hydrogen-bond acceptors (Lipinski definition) is 4. The summed E-state index contributed by atoms with van der Waals surface area (Å²) in [7, 11) is 1.44. The van der Waals surface area contributed by atoms with Gasteiger partial charge in [-0.3, -0.25) is 4.79 Å². The van der Waals surface area contributed by atoms with Crippen LogP contribution in [0.5, 0.6) is 5.75 Å². The molecule has 0 aliphatic heterocycles. The van der Waals surface area contributed by atoms with Crippen LogP contribution in [0.1, 0.15) is 36.8 Å². The predicted molar refractivity (Wildman–Crippen MR) is 80.5 cm³/mol. The highest BCUT2D eigenvalue weighted by atomic mass is 16.5. The van der Waals surface area contributed by atoms with Gasteiger partial charge in [0, 0.05) is 12.5 Å². The number of rotatable bonds is 7. The lowest BCUT2D eigenvalue weighted by atomic mass is 10.1. The van der Waals surface area contributed by atoms with Crippen LogP contribution in [-0.2, 0) is 22.4 Å². The fourth-order valence-corrected chi connectivity index (χ4v) is 2.88. The molecule has 2 aliphatic carbocycles. The monoisotopic (exact) mass is 289 g/mol. The fourth-order valence-electron chi connectivity index (χ4n) is 2.88. The van der Waals surface area contributed by atoms with E-state index < -0.39 is 0 Å². The highest BCUT2D eigenvalue weighted by molar-refractivity contribution is 5.75. The van der Waals surface area contributed by atoms with Crippen LogP contribution in [0.3, 0.4) is 0 Å². The van der Waals surface area contributed by atoms with E-state index in [9.17, 15) is 4.79 Å². The maximum atomic E-state index is 11.7. The highest BCUT2D eigenvalue weighted by Crippen LogP contribution is 2.26. The zero-order chi connectivity index (χ0) is 14.7. The molecule has 1 fully saturated rings. The van der Waals surface area contributed by atoms with E-state index in [-0.39, 0.29) is 12.0 Å². The number of carbonyl (C=O) groups is 1. The molecule has 3 rings (SSSR count). The van der Waals surface area contributed by atoms with Gasteiger partial charge >= 0.3 is 5.97 Å². The normalized spacial score (nSPS) is 18.1. The molecule has 1 aromatic carbocycles. The Morgan fingerprint density at radius 3 is 2.90 bits per heavy atom. The van der Waals surface area contributed by atoms with Crippen molar-refractivity contribution in [2.45, 2.75) is 50.6 Å². The lowest BCUT2D eigenvalue weighted by Crippen LogP contribution is -2.40. The summed E-state index contributed by atoms with van der Waals surface area (Å²) in [5.41, 5.74) is 2.86. The molecule has 0 radical (unpaired) electrons. The smallest absolute Gasteiger partial charge is 0.322 e. The second kappa shape index (κ2) is 6.48. The molecule has 0 bridgehead atoms. The molecule has 0 spiro atoms. The summed E-state index contributed by atoms with van der Waals surface area (Å²) < 4.78 is 10.7. The molecule has 21 heavy (non-hydrogen) atoms. The minimum Gasteiger partial charge on any atom is -0.494 e. The van der Waals surface area contributed by atoms with Crippen molar-refractivity contribution < 1.29 is 14.3 Å². The van der Waals surface area contributed by atoms with E-state index >= 15 is 0 Å². The van der Waals surface area contributed by atoms with Gasteiger partial charge in [-0.2, -0.15) is 0 Å². The number of carbonyl (C=O) groups excluding carboxylic acids is 1. The first kappa shape index (κ1) is 14.4. The third kappa shape index (κ3) is 3.76. The molecule has 1 aromatic rings. The Balaban J connectivity index is 1.50. The number of aryl methyl sites for hydroxylation is 2. The summed E-state index contributed by atoms with van der Waals surface area (Å²) in [5, 5.41) is 3.32. The lowest BCUT2D eigenvalue weighted by molar-refractivity contribution is -0.143. The number of nitrogens with one attached hydrogen (secondary N) is 1. The van der Waals surface area contributed by atoms with Gasteiger partial charge in [0.1, 0.15) is 11.8 Å². The number of fused-ring (bicyclic) bond motifs is 1. The number of methoxy groups -OCH3 is 1. The Bertz CT molecular complexity index is 511. The molecule has 1 saturated carbocycles. The maximum Gasteiger partial charge on any atom is 0.322 e. The number of benzene rings is 1. The molecule has 1 atom stereocenters. The van der Waals surface area contributed by atoms with Crippen LogP contribution in [-0.4, -0.2) is 31.8 Å². The van der Waals surface area contributed by atoms with E-state index in [1.54, 1.807) is 0 Å². The van der Waals surface area contributed by atoms with Crippen LogP contribution in [0, 0.1) is 0 Å². The van der Waals surface area contributed by atoms with Crippen LogP contribution in [0.15, 0.2) is 18.2 Å². The third-order valence-electron chi connectivity index (χ3n) is 4.25. The molecule has 4 nitrogen and oxygen atoms in total. The predicted octanol–water partition coefficient (Wildman–Crippen LogP) is 2.24. The van der Waals surface area contributed by atoms with E-state index in [1.807, 2.05) is 6.07 Å². The topological polar surface area (TPSA) is 47.6 Å². The Kier molecular flexibility index (Phi) is 4.44. The SMILES string of the molecule is COC(=O)C(CCOc1ccc2c(c1)CCC2)NC1CC1. The largest absolute Gasteiger partial charge is 0.494 e. The van der Waals surface area contributed by atoms with Gasteiger partial charge in [0.2, 0.25) is 0 Å². The lowest BCUT2D eigenvalue weighted by Gasteiger charge is -2.16. The van der Waals surface area contributed by atoms with Crippen LogP contribution >= 0.6 is 0 Å². The van der Waals surface area contributed by atoms with Crippen LogP contribution < -0.4 is 10.1 Å². The summed E-state index contributed by atoms with van der Waals surface area (Å²) in [6.07, 6.45) is 6.53. The van der Waals surface area contributed by atoms with Crippen molar-refractivity contribution in [3.8, 4) is 5.75 Å². The number of ether oxygens (including phenoxy) is 2. The van der Waals surface area contributed by atoms with Gasteiger partial charge in [0.25, 0.3) is 0 Å². The molecular weight excluding hydrogens is 266 g/mol. The molecule has 0 aromatic heterocycles. The minimum absolute atomic E-state index is 0.195. The van der Waals surface area contributed by atoms with Crippen molar-refractivity contribution in [2.24, 2.45) is 0 Å². The van der Waals surface area contributed by atoms with Crippen molar-refractivity contribution in [2.75, 3.05) is 13.7 Å². The van der Waals surface area contributed by atoms with Crippen LogP contribution in [0.4, 0.5) is 0 Å². The molecule has 0 heterocycles. The van der Waals surface area contributed by atoms with Crippen molar-refractivity contribution in [3.05, 3.63) is 29.3 Å². The molecule has 4 heteroatoms. The van der Waals surface area contributed by atoms with Gasteiger partial charge in [-0.1, -0.05) is 6.07 Å². The average Bonchev–Trinajstić information content (AvgIpc) is 3.20. The molecular formula is C17H23NO3. The Hall–Kier alpha value is -1.55. The Labute approximate surface area is 125 Å². The van der Waals surface area contributed by atoms with E-state index in [1.165, 1.54) is 31.1 Å². The van der Waals surface area contributed by atoms with E-state index in [0.717, 1.165) is 25.0 Å². The number of esters is 1. The van der Waals surface area contributed by atoms with Crippen LogP contribution in [0.2, 0.25) is 0 Å². The standard InChI is InChI=1S/C17H23NO3/c1-20-17(19)16(18-14-6-7-14)9-10-21-15-8-5-12-3-2-4-13(12)11-15/h5,8,11,14,16,18H,2-4,6-7,9-10H2,1H3. The molecule has 114 valence electrons. The first-order valence-corrected chi connectivity index (χ1v) is 7.85. The average molecular weight is 289 g/mol. The highest BCUT2D eigenvalue weighted by Gasteiger charge is 2.28. The second-order valence-electron chi connectivity index (χ2n) is 5.94. The minimum atomic E-state index is -0.253. The first-order chi connectivity index (χ1) is 10.3. The molecule has 1 unspecified atom stereocenters. The summed E-state index contributed by atoms with van der Waals surface area (Å²) in [6.45, 7) is 0.526. The van der Waals surface area contributed by atoms with Crippen molar-refractivity contribution >= 4 is 5.97 Å². The molecule has 1 N–H and O–H groups in total. The van der Waals surface area contributed by atoms with E-state index in [0.29, 0.717) is 19.1 Å². The van der Waals surface area contributed by atoms with Crippen molar-refractivity contribution in [3.63, 3.8) is 0 Å². The quantitative estimate of drug-likeness (QED) is 0.782. The van der Waals surface area contributed by atoms with Gasteiger partial charge in [0.15, 0.2) is 0 Å². The van der Waals surface area contributed by atoms with Crippen molar-refractivity contribution in [1.29, 1.82) is 0 Å². The fraction of sp³-hybridized carbons (Fsp3) is 0.588. The molecule has 0 saturated heterocycles. The van der Waals surface area contributed by atoms with Gasteiger partial charge < -0.3 is 14.8 Å². The van der Waals surface area contributed by atoms with Gasteiger partial charge in [-0.15, -0.1) is 0 Å². The summed E-state index contributed by atoms with van der Waals surface area (Å²) in [6, 6.07) is 6.57. The number of hydrogen-bond donors (Lipinski definition) is 1. The van der Waals surface area contributed by atoms with Gasteiger partial charge in [0.05, 0.1) is 13.7 Å². The van der Waals surface area contributed by atoms with Gasteiger partial charge in [-0.25, -0.2) is 0 Å².